The average Bonchev–Trinajstić information content (AvgIpc) is 2.47. The van der Waals surface area contributed by atoms with Crippen molar-refractivity contribution in [3.8, 4) is 0 Å². The molecule has 0 bridgehead atoms. The highest BCUT2D eigenvalue weighted by atomic mass is 16.5. The van der Waals surface area contributed by atoms with E-state index in [4.69, 9.17) is 10.5 Å². The van der Waals surface area contributed by atoms with Gasteiger partial charge in [0, 0.05) is 36.9 Å². The van der Waals surface area contributed by atoms with E-state index in [-0.39, 0.29) is 0 Å². The molecule has 1 saturated heterocycles. The van der Waals surface area contributed by atoms with Crippen molar-refractivity contribution in [2.75, 3.05) is 31.2 Å². The number of nitrogens with zero attached hydrogens (tertiary/aromatic N) is 2. The first kappa shape index (κ1) is 11.4. The van der Waals surface area contributed by atoms with Crippen molar-refractivity contribution in [2.24, 2.45) is 5.73 Å². The normalized spacial score (nSPS) is 16.2. The molecule has 0 unspecified atom stereocenters. The highest BCUT2D eigenvalue weighted by Crippen LogP contribution is 2.27. The van der Waals surface area contributed by atoms with E-state index in [1.54, 1.807) is 0 Å². The fourth-order valence-electron chi connectivity index (χ4n) is 2.47. The number of morpholine rings is 1. The van der Waals surface area contributed by atoms with E-state index in [0.717, 1.165) is 37.4 Å². The van der Waals surface area contributed by atoms with Gasteiger partial charge < -0.3 is 15.4 Å². The van der Waals surface area contributed by atoms with Gasteiger partial charge in [-0.3, -0.25) is 4.98 Å². The summed E-state index contributed by atoms with van der Waals surface area (Å²) in [5.41, 5.74) is 9.12. The van der Waals surface area contributed by atoms with Gasteiger partial charge in [0.05, 0.1) is 18.7 Å². The molecule has 1 aromatic heterocycles. The molecule has 2 aromatic rings. The number of fused-ring (bicyclic) bond motifs is 1. The van der Waals surface area contributed by atoms with Crippen molar-refractivity contribution in [2.45, 2.75) is 6.54 Å². The zero-order valence-corrected chi connectivity index (χ0v) is 10.3. The Labute approximate surface area is 106 Å². The number of pyridine rings is 1. The van der Waals surface area contributed by atoms with Crippen LogP contribution in [-0.4, -0.2) is 31.3 Å². The molecule has 1 aliphatic rings. The maximum atomic E-state index is 5.77. The van der Waals surface area contributed by atoms with Crippen molar-refractivity contribution in [3.63, 3.8) is 0 Å². The number of hydrogen-bond acceptors (Lipinski definition) is 4. The second kappa shape index (κ2) is 4.92. The number of hydrogen-bond donors (Lipinski definition) is 1. The van der Waals surface area contributed by atoms with Crippen molar-refractivity contribution >= 4 is 16.6 Å². The Morgan fingerprint density at radius 2 is 2.06 bits per heavy atom. The molecule has 3 rings (SSSR count). The van der Waals surface area contributed by atoms with E-state index >= 15 is 0 Å². The minimum Gasteiger partial charge on any atom is -0.378 e. The molecular formula is C14H17N3O. The number of benzene rings is 1. The fourth-order valence-corrected chi connectivity index (χ4v) is 2.47. The van der Waals surface area contributed by atoms with Crippen molar-refractivity contribution in [3.05, 3.63) is 36.0 Å². The number of anilines is 1. The van der Waals surface area contributed by atoms with E-state index in [1.165, 1.54) is 11.1 Å². The maximum absolute atomic E-state index is 5.77. The lowest BCUT2D eigenvalue weighted by molar-refractivity contribution is 0.123. The molecule has 1 fully saturated rings. The minimum atomic E-state index is 0.525. The number of nitrogens with two attached hydrogens (primary N) is 1. The highest BCUT2D eigenvalue weighted by Gasteiger charge is 2.14. The van der Waals surface area contributed by atoms with Crippen molar-refractivity contribution in [1.82, 2.24) is 4.98 Å². The van der Waals surface area contributed by atoms with Crippen LogP contribution in [0.1, 0.15) is 5.56 Å². The third-order valence-corrected chi connectivity index (χ3v) is 3.40. The largest absolute Gasteiger partial charge is 0.378 e. The molecule has 1 aliphatic heterocycles. The molecule has 0 radical (unpaired) electrons. The Bertz CT molecular complexity index is 550. The first-order valence-corrected chi connectivity index (χ1v) is 6.29. The minimum absolute atomic E-state index is 0.525. The summed E-state index contributed by atoms with van der Waals surface area (Å²) in [5.74, 6) is 0. The van der Waals surface area contributed by atoms with Crippen LogP contribution >= 0.6 is 0 Å². The van der Waals surface area contributed by atoms with E-state index in [9.17, 15) is 0 Å². The quantitative estimate of drug-likeness (QED) is 0.869. The van der Waals surface area contributed by atoms with E-state index in [1.807, 2.05) is 12.3 Å². The van der Waals surface area contributed by atoms with Crippen LogP contribution in [0.4, 0.5) is 5.69 Å². The average molecular weight is 243 g/mol. The standard InChI is InChI=1S/C14H17N3O/c15-10-11-2-1-3-12-13(4-5-16-14(11)12)17-6-8-18-9-7-17/h1-5H,6-10,15H2. The lowest BCUT2D eigenvalue weighted by Crippen LogP contribution is -2.36. The summed E-state index contributed by atoms with van der Waals surface area (Å²) in [5, 5.41) is 1.18. The van der Waals surface area contributed by atoms with E-state index < -0.39 is 0 Å². The Kier molecular flexibility index (Phi) is 3.13. The summed E-state index contributed by atoms with van der Waals surface area (Å²) in [6.07, 6.45) is 1.87. The van der Waals surface area contributed by atoms with Gasteiger partial charge in [0.2, 0.25) is 0 Å². The van der Waals surface area contributed by atoms with Gasteiger partial charge in [-0.05, 0) is 11.6 Å². The predicted molar refractivity (Wildman–Crippen MR) is 72.7 cm³/mol. The fraction of sp³-hybridized carbons (Fsp3) is 0.357. The molecule has 0 saturated carbocycles. The lowest BCUT2D eigenvalue weighted by Gasteiger charge is -2.29. The van der Waals surface area contributed by atoms with Crippen molar-refractivity contribution < 1.29 is 4.74 Å². The molecule has 4 nitrogen and oxygen atoms in total. The molecule has 94 valence electrons. The van der Waals surface area contributed by atoms with Crippen LogP contribution in [0.3, 0.4) is 0 Å². The topological polar surface area (TPSA) is 51.4 Å². The lowest BCUT2D eigenvalue weighted by atomic mass is 10.1. The summed E-state index contributed by atoms with van der Waals surface area (Å²) in [6.45, 7) is 3.98. The van der Waals surface area contributed by atoms with Crippen LogP contribution in [0, 0.1) is 0 Å². The smallest absolute Gasteiger partial charge is 0.0767 e. The molecule has 0 amide bonds. The monoisotopic (exact) mass is 243 g/mol. The van der Waals surface area contributed by atoms with Gasteiger partial charge in [-0.1, -0.05) is 18.2 Å². The molecule has 1 aromatic carbocycles. The van der Waals surface area contributed by atoms with Gasteiger partial charge in [-0.2, -0.15) is 0 Å². The van der Waals surface area contributed by atoms with Gasteiger partial charge in [0.15, 0.2) is 0 Å². The van der Waals surface area contributed by atoms with Crippen LogP contribution in [-0.2, 0) is 11.3 Å². The molecule has 18 heavy (non-hydrogen) atoms. The van der Waals surface area contributed by atoms with Crippen LogP contribution in [0.25, 0.3) is 10.9 Å². The Morgan fingerprint density at radius 3 is 2.83 bits per heavy atom. The Hall–Kier alpha value is -1.65. The van der Waals surface area contributed by atoms with Crippen molar-refractivity contribution in [1.29, 1.82) is 0 Å². The number of aromatic nitrogens is 1. The van der Waals surface area contributed by atoms with E-state index in [2.05, 4.69) is 28.1 Å². The van der Waals surface area contributed by atoms with Gasteiger partial charge in [0.1, 0.15) is 0 Å². The molecule has 4 heteroatoms. The summed E-state index contributed by atoms with van der Waals surface area (Å²) in [6, 6.07) is 8.29. The molecule has 2 N–H and O–H groups in total. The third kappa shape index (κ3) is 1.94. The van der Waals surface area contributed by atoms with Crippen LogP contribution in [0.5, 0.6) is 0 Å². The molecule has 0 atom stereocenters. The number of rotatable bonds is 2. The van der Waals surface area contributed by atoms with Crippen LogP contribution in [0.15, 0.2) is 30.5 Å². The molecular weight excluding hydrogens is 226 g/mol. The first-order valence-electron chi connectivity index (χ1n) is 6.29. The molecule has 0 aliphatic carbocycles. The zero-order valence-electron chi connectivity index (χ0n) is 10.3. The second-order valence-corrected chi connectivity index (χ2v) is 4.45. The Balaban J connectivity index is 2.11. The number of para-hydroxylation sites is 1. The summed E-state index contributed by atoms with van der Waals surface area (Å²) in [7, 11) is 0. The van der Waals surface area contributed by atoms with E-state index in [0.29, 0.717) is 6.54 Å². The number of ether oxygens (including phenoxy) is 1. The summed E-state index contributed by atoms with van der Waals surface area (Å²) in [4.78, 5) is 6.82. The van der Waals surface area contributed by atoms with Crippen LogP contribution < -0.4 is 10.6 Å². The highest BCUT2D eigenvalue weighted by molar-refractivity contribution is 5.93. The first-order chi connectivity index (χ1) is 8.90. The molecule has 2 heterocycles. The summed E-state index contributed by atoms with van der Waals surface area (Å²) < 4.78 is 5.40. The predicted octanol–water partition coefficient (Wildman–Crippen LogP) is 1.53. The van der Waals surface area contributed by atoms with Gasteiger partial charge >= 0.3 is 0 Å². The molecule has 0 spiro atoms. The maximum Gasteiger partial charge on any atom is 0.0767 e. The zero-order chi connectivity index (χ0) is 12.4. The third-order valence-electron chi connectivity index (χ3n) is 3.40. The van der Waals surface area contributed by atoms with Gasteiger partial charge in [0.25, 0.3) is 0 Å². The Morgan fingerprint density at radius 1 is 1.22 bits per heavy atom. The van der Waals surface area contributed by atoms with Gasteiger partial charge in [-0.25, -0.2) is 0 Å². The second-order valence-electron chi connectivity index (χ2n) is 4.45. The van der Waals surface area contributed by atoms with Crippen LogP contribution in [0.2, 0.25) is 0 Å². The van der Waals surface area contributed by atoms with Gasteiger partial charge in [-0.15, -0.1) is 0 Å². The summed E-state index contributed by atoms with van der Waals surface area (Å²) >= 11 is 0. The SMILES string of the molecule is NCc1cccc2c(N3CCOCC3)ccnc12.